The van der Waals surface area contributed by atoms with Crippen LogP contribution in [-0.2, 0) is 6.42 Å². The summed E-state index contributed by atoms with van der Waals surface area (Å²) in [7, 11) is 0. The molecule has 0 radical (unpaired) electrons. The summed E-state index contributed by atoms with van der Waals surface area (Å²) in [6.45, 7) is 2.20. The molecule has 2 nitrogen and oxygen atoms in total. The van der Waals surface area contributed by atoms with Crippen LogP contribution in [0.25, 0.3) is 22.5 Å². The highest BCUT2D eigenvalue weighted by molar-refractivity contribution is 5.67. The number of aromatic nitrogens is 2. The normalized spacial score (nSPS) is 11.0. The van der Waals surface area contributed by atoms with Gasteiger partial charge in [-0.2, -0.15) is 0 Å². The second-order valence-corrected chi connectivity index (χ2v) is 6.91. The zero-order chi connectivity index (χ0) is 19.9. The standard InChI is InChI=1S/C23H23F3N2/c1-2-3-4-5-6-7-16-14-27-23(28-15-16)18-10-8-17(9-11-18)19-12-20(24)22(26)21(25)13-19/h8-15H,2-7H2,1H3. The van der Waals surface area contributed by atoms with Crippen LogP contribution in [0, 0.1) is 17.5 Å². The molecule has 1 aromatic heterocycles. The van der Waals surface area contributed by atoms with E-state index in [9.17, 15) is 13.2 Å². The van der Waals surface area contributed by atoms with Gasteiger partial charge in [0.25, 0.3) is 0 Å². The van der Waals surface area contributed by atoms with Crippen molar-refractivity contribution in [2.24, 2.45) is 0 Å². The van der Waals surface area contributed by atoms with Gasteiger partial charge >= 0.3 is 0 Å². The molecule has 5 heteroatoms. The Morgan fingerprint density at radius 3 is 1.89 bits per heavy atom. The number of hydrogen-bond donors (Lipinski definition) is 0. The van der Waals surface area contributed by atoms with Gasteiger partial charge in [0, 0.05) is 18.0 Å². The fraction of sp³-hybridized carbons (Fsp3) is 0.304. The Bertz CT molecular complexity index is 883. The van der Waals surface area contributed by atoms with Gasteiger partial charge in [-0.05, 0) is 41.7 Å². The molecule has 0 unspecified atom stereocenters. The van der Waals surface area contributed by atoms with E-state index in [4.69, 9.17) is 0 Å². The minimum atomic E-state index is -1.46. The summed E-state index contributed by atoms with van der Waals surface area (Å²) in [6, 6.07) is 8.97. The lowest BCUT2D eigenvalue weighted by atomic mass is 10.0. The van der Waals surface area contributed by atoms with Crippen LogP contribution in [0.2, 0.25) is 0 Å². The van der Waals surface area contributed by atoms with Crippen molar-refractivity contribution in [2.45, 2.75) is 45.4 Å². The van der Waals surface area contributed by atoms with Gasteiger partial charge in [0.1, 0.15) is 0 Å². The maximum atomic E-state index is 13.4. The molecule has 3 rings (SSSR count). The molecule has 146 valence electrons. The average Bonchev–Trinajstić information content (AvgIpc) is 2.72. The zero-order valence-electron chi connectivity index (χ0n) is 15.9. The van der Waals surface area contributed by atoms with Crippen LogP contribution in [0.1, 0.15) is 44.6 Å². The number of rotatable bonds is 8. The Balaban J connectivity index is 1.66. The van der Waals surface area contributed by atoms with E-state index in [0.717, 1.165) is 36.1 Å². The monoisotopic (exact) mass is 384 g/mol. The molecule has 2 aromatic carbocycles. The van der Waals surface area contributed by atoms with Gasteiger partial charge in [-0.3, -0.25) is 0 Å². The summed E-state index contributed by atoms with van der Waals surface area (Å²) >= 11 is 0. The smallest absolute Gasteiger partial charge is 0.194 e. The van der Waals surface area contributed by atoms with Gasteiger partial charge in [-0.25, -0.2) is 23.1 Å². The van der Waals surface area contributed by atoms with Crippen LogP contribution >= 0.6 is 0 Å². The zero-order valence-corrected chi connectivity index (χ0v) is 15.9. The van der Waals surface area contributed by atoms with Crippen molar-refractivity contribution in [2.75, 3.05) is 0 Å². The van der Waals surface area contributed by atoms with Gasteiger partial charge in [0.15, 0.2) is 23.3 Å². The molecule has 0 aliphatic rings. The maximum Gasteiger partial charge on any atom is 0.194 e. The lowest BCUT2D eigenvalue weighted by Gasteiger charge is -2.06. The van der Waals surface area contributed by atoms with Crippen LogP contribution < -0.4 is 0 Å². The summed E-state index contributed by atoms with van der Waals surface area (Å²) < 4.78 is 40.0. The number of halogens is 3. The second-order valence-electron chi connectivity index (χ2n) is 6.91. The van der Waals surface area contributed by atoms with Gasteiger partial charge in [-0.15, -0.1) is 0 Å². The van der Waals surface area contributed by atoms with E-state index in [1.165, 1.54) is 25.7 Å². The number of hydrogen-bond acceptors (Lipinski definition) is 2. The first kappa shape index (κ1) is 20.1. The Kier molecular flexibility index (Phi) is 6.80. The summed E-state index contributed by atoms with van der Waals surface area (Å²) in [5.74, 6) is -3.27. The Labute approximate surface area is 163 Å². The predicted molar refractivity (Wildman–Crippen MR) is 105 cm³/mol. The molecule has 0 amide bonds. The van der Waals surface area contributed by atoms with Crippen molar-refractivity contribution in [3.63, 3.8) is 0 Å². The Morgan fingerprint density at radius 2 is 1.29 bits per heavy atom. The van der Waals surface area contributed by atoms with E-state index in [-0.39, 0.29) is 5.56 Å². The third kappa shape index (κ3) is 4.97. The highest BCUT2D eigenvalue weighted by Gasteiger charge is 2.12. The van der Waals surface area contributed by atoms with Gasteiger partial charge in [-0.1, -0.05) is 56.9 Å². The van der Waals surface area contributed by atoms with Crippen molar-refractivity contribution in [1.82, 2.24) is 9.97 Å². The predicted octanol–water partition coefficient (Wildman–Crippen LogP) is 6.74. The Hall–Kier alpha value is -2.69. The SMILES string of the molecule is CCCCCCCc1cnc(-c2ccc(-c3cc(F)c(F)c(F)c3)cc2)nc1. The maximum absolute atomic E-state index is 13.4. The third-order valence-corrected chi connectivity index (χ3v) is 4.73. The molecule has 0 N–H and O–H groups in total. The average molecular weight is 384 g/mol. The lowest BCUT2D eigenvalue weighted by Crippen LogP contribution is -1.94. The van der Waals surface area contributed by atoms with E-state index in [1.807, 2.05) is 12.4 Å². The summed E-state index contributed by atoms with van der Waals surface area (Å²) in [5.41, 5.74) is 2.79. The molecule has 0 aliphatic heterocycles. The number of nitrogens with zero attached hydrogens (tertiary/aromatic N) is 2. The van der Waals surface area contributed by atoms with Gasteiger partial charge in [0.2, 0.25) is 0 Å². The fourth-order valence-corrected chi connectivity index (χ4v) is 3.10. The molecule has 1 heterocycles. The first-order valence-electron chi connectivity index (χ1n) is 9.64. The van der Waals surface area contributed by atoms with Crippen molar-refractivity contribution >= 4 is 0 Å². The minimum absolute atomic E-state index is 0.280. The van der Waals surface area contributed by atoms with Crippen LogP contribution in [0.4, 0.5) is 13.2 Å². The third-order valence-electron chi connectivity index (χ3n) is 4.73. The van der Waals surface area contributed by atoms with E-state index in [1.54, 1.807) is 24.3 Å². The van der Waals surface area contributed by atoms with Crippen molar-refractivity contribution in [3.8, 4) is 22.5 Å². The first-order valence-corrected chi connectivity index (χ1v) is 9.64. The highest BCUT2D eigenvalue weighted by atomic mass is 19.2. The molecule has 0 spiro atoms. The van der Waals surface area contributed by atoms with Crippen molar-refractivity contribution < 1.29 is 13.2 Å². The summed E-state index contributed by atoms with van der Waals surface area (Å²) in [5, 5.41) is 0. The van der Waals surface area contributed by atoms with E-state index in [0.29, 0.717) is 11.4 Å². The molecule has 3 aromatic rings. The first-order chi connectivity index (χ1) is 13.6. The molecule has 0 atom stereocenters. The summed E-state index contributed by atoms with van der Waals surface area (Å²) in [4.78, 5) is 8.85. The highest BCUT2D eigenvalue weighted by Crippen LogP contribution is 2.26. The largest absolute Gasteiger partial charge is 0.236 e. The number of benzene rings is 2. The molecule has 0 aliphatic carbocycles. The second kappa shape index (κ2) is 9.49. The summed E-state index contributed by atoms with van der Waals surface area (Å²) in [6.07, 6.45) is 10.8. The molecule has 0 saturated heterocycles. The Morgan fingerprint density at radius 1 is 0.714 bits per heavy atom. The lowest BCUT2D eigenvalue weighted by molar-refractivity contribution is 0.448. The topological polar surface area (TPSA) is 25.8 Å². The van der Waals surface area contributed by atoms with E-state index < -0.39 is 17.5 Å². The number of aryl methyl sites for hydroxylation is 1. The van der Waals surface area contributed by atoms with Gasteiger partial charge < -0.3 is 0 Å². The molecular formula is C23H23F3N2. The van der Waals surface area contributed by atoms with Crippen LogP contribution in [0.15, 0.2) is 48.8 Å². The van der Waals surface area contributed by atoms with Crippen LogP contribution in [0.3, 0.4) is 0 Å². The van der Waals surface area contributed by atoms with Crippen molar-refractivity contribution in [1.29, 1.82) is 0 Å². The van der Waals surface area contributed by atoms with Gasteiger partial charge in [0.05, 0.1) is 0 Å². The molecule has 0 bridgehead atoms. The number of unbranched alkanes of at least 4 members (excludes halogenated alkanes) is 4. The van der Waals surface area contributed by atoms with Crippen LogP contribution in [-0.4, -0.2) is 9.97 Å². The minimum Gasteiger partial charge on any atom is -0.236 e. The van der Waals surface area contributed by atoms with Crippen LogP contribution in [0.5, 0.6) is 0 Å². The van der Waals surface area contributed by atoms with E-state index >= 15 is 0 Å². The quantitative estimate of drug-likeness (QED) is 0.317. The van der Waals surface area contributed by atoms with Crippen molar-refractivity contribution in [3.05, 3.63) is 71.8 Å². The van der Waals surface area contributed by atoms with E-state index in [2.05, 4.69) is 16.9 Å². The molecular weight excluding hydrogens is 361 g/mol. The molecule has 0 fully saturated rings. The fourth-order valence-electron chi connectivity index (χ4n) is 3.10. The molecule has 28 heavy (non-hydrogen) atoms. The molecule has 0 saturated carbocycles.